The van der Waals surface area contributed by atoms with E-state index in [1.54, 1.807) is 17.8 Å². The van der Waals surface area contributed by atoms with Crippen LogP contribution in [0, 0.1) is 0 Å². The molecule has 0 spiro atoms. The fourth-order valence-corrected chi connectivity index (χ4v) is 3.78. The Bertz CT molecular complexity index is 847. The highest BCUT2D eigenvalue weighted by molar-refractivity contribution is 7.98. The Balaban J connectivity index is 1.85. The molecule has 0 saturated heterocycles. The first kappa shape index (κ1) is 17.1. The van der Waals surface area contributed by atoms with Crippen molar-refractivity contribution in [1.29, 1.82) is 0 Å². The van der Waals surface area contributed by atoms with Crippen molar-refractivity contribution in [3.05, 3.63) is 76.8 Å². The average Bonchev–Trinajstić information content (AvgIpc) is 2.98. The molecular weight excluding hydrogens is 361 g/mol. The van der Waals surface area contributed by atoms with Crippen molar-refractivity contribution in [3.8, 4) is 11.4 Å². The number of aromatic nitrogens is 3. The molecule has 3 rings (SSSR count). The van der Waals surface area contributed by atoms with E-state index in [0.717, 1.165) is 22.1 Å². The third-order valence-electron chi connectivity index (χ3n) is 3.43. The molecule has 122 valence electrons. The van der Waals surface area contributed by atoms with E-state index in [4.69, 9.17) is 23.2 Å². The Hall–Kier alpha value is -1.75. The number of benzene rings is 2. The molecule has 2 aromatic carbocycles. The average molecular weight is 376 g/mol. The minimum Gasteiger partial charge on any atom is -0.298 e. The van der Waals surface area contributed by atoms with E-state index < -0.39 is 0 Å². The molecular formula is C18H15Cl2N3S. The van der Waals surface area contributed by atoms with Crippen LogP contribution in [-0.4, -0.2) is 14.8 Å². The lowest BCUT2D eigenvalue weighted by molar-refractivity contribution is 0.731. The standard InChI is InChI=1S/C18H15Cl2N3S/c1-2-10-23-17(13-6-4-3-5-7-13)21-22-18(23)24-12-14-8-9-15(19)11-16(14)20/h2-9,11H,1,10,12H2. The van der Waals surface area contributed by atoms with Gasteiger partial charge >= 0.3 is 0 Å². The van der Waals surface area contributed by atoms with Crippen molar-refractivity contribution in [3.63, 3.8) is 0 Å². The largest absolute Gasteiger partial charge is 0.298 e. The second kappa shape index (κ2) is 7.88. The molecule has 0 fully saturated rings. The van der Waals surface area contributed by atoms with Crippen LogP contribution in [0.2, 0.25) is 10.0 Å². The summed E-state index contributed by atoms with van der Waals surface area (Å²) in [5.41, 5.74) is 2.05. The van der Waals surface area contributed by atoms with Crippen LogP contribution in [0.5, 0.6) is 0 Å². The second-order valence-corrected chi connectivity index (χ2v) is 6.88. The smallest absolute Gasteiger partial charge is 0.192 e. The van der Waals surface area contributed by atoms with Crippen LogP contribution in [-0.2, 0) is 12.3 Å². The molecule has 1 heterocycles. The summed E-state index contributed by atoms with van der Waals surface area (Å²) in [7, 11) is 0. The van der Waals surface area contributed by atoms with Crippen LogP contribution in [0.3, 0.4) is 0 Å². The van der Waals surface area contributed by atoms with Crippen molar-refractivity contribution >= 4 is 35.0 Å². The van der Waals surface area contributed by atoms with Crippen molar-refractivity contribution in [2.24, 2.45) is 0 Å². The van der Waals surface area contributed by atoms with Gasteiger partial charge in [0.05, 0.1) is 0 Å². The number of allylic oxidation sites excluding steroid dienone is 1. The van der Waals surface area contributed by atoms with Crippen molar-refractivity contribution in [1.82, 2.24) is 14.8 Å². The number of hydrogen-bond donors (Lipinski definition) is 0. The van der Waals surface area contributed by atoms with Crippen LogP contribution < -0.4 is 0 Å². The Labute approximate surface area is 155 Å². The maximum atomic E-state index is 6.24. The van der Waals surface area contributed by atoms with Gasteiger partial charge in [0.15, 0.2) is 11.0 Å². The zero-order valence-electron chi connectivity index (χ0n) is 12.8. The molecule has 0 aliphatic heterocycles. The molecule has 3 aromatic rings. The van der Waals surface area contributed by atoms with Crippen LogP contribution in [0.25, 0.3) is 11.4 Å². The molecule has 3 nitrogen and oxygen atoms in total. The van der Waals surface area contributed by atoms with Crippen LogP contribution in [0.1, 0.15) is 5.56 Å². The van der Waals surface area contributed by atoms with Crippen LogP contribution in [0.15, 0.2) is 66.3 Å². The fraction of sp³-hybridized carbons (Fsp3) is 0.111. The van der Waals surface area contributed by atoms with E-state index in [1.165, 1.54) is 0 Å². The summed E-state index contributed by atoms with van der Waals surface area (Å²) >= 11 is 13.8. The molecule has 0 aliphatic carbocycles. The molecule has 0 amide bonds. The van der Waals surface area contributed by atoms with Gasteiger partial charge in [-0.05, 0) is 17.7 Å². The summed E-state index contributed by atoms with van der Waals surface area (Å²) in [5, 5.41) is 10.8. The highest BCUT2D eigenvalue weighted by atomic mass is 35.5. The van der Waals surface area contributed by atoms with Crippen molar-refractivity contribution < 1.29 is 0 Å². The lowest BCUT2D eigenvalue weighted by atomic mass is 10.2. The lowest BCUT2D eigenvalue weighted by Crippen LogP contribution is -2.00. The van der Waals surface area contributed by atoms with Gasteiger partial charge in [-0.25, -0.2) is 0 Å². The van der Waals surface area contributed by atoms with Crippen LogP contribution >= 0.6 is 35.0 Å². The third-order valence-corrected chi connectivity index (χ3v) is 5.03. The molecule has 0 bridgehead atoms. The first-order chi connectivity index (χ1) is 11.7. The summed E-state index contributed by atoms with van der Waals surface area (Å²) in [6.45, 7) is 4.48. The van der Waals surface area contributed by atoms with E-state index in [2.05, 4.69) is 21.3 Å². The van der Waals surface area contributed by atoms with Gasteiger partial charge in [-0.2, -0.15) is 0 Å². The number of thioether (sulfide) groups is 1. The third kappa shape index (κ3) is 3.83. The van der Waals surface area contributed by atoms with E-state index in [1.807, 2.05) is 48.5 Å². The van der Waals surface area contributed by atoms with Gasteiger partial charge in [0.25, 0.3) is 0 Å². The van der Waals surface area contributed by atoms with E-state index in [-0.39, 0.29) is 0 Å². The SMILES string of the molecule is C=CCn1c(SCc2ccc(Cl)cc2Cl)nnc1-c1ccccc1. The number of nitrogens with zero attached hydrogens (tertiary/aromatic N) is 3. The number of halogens is 2. The molecule has 0 unspecified atom stereocenters. The van der Waals surface area contributed by atoms with Crippen molar-refractivity contribution in [2.75, 3.05) is 0 Å². The Morgan fingerprint density at radius 1 is 1.08 bits per heavy atom. The molecule has 1 aromatic heterocycles. The highest BCUT2D eigenvalue weighted by Crippen LogP contribution is 2.30. The molecule has 0 radical (unpaired) electrons. The predicted molar refractivity (Wildman–Crippen MR) is 102 cm³/mol. The number of rotatable bonds is 6. The van der Waals surface area contributed by atoms with Crippen molar-refractivity contribution in [2.45, 2.75) is 17.5 Å². The summed E-state index contributed by atoms with van der Waals surface area (Å²) in [5.74, 6) is 1.53. The zero-order valence-corrected chi connectivity index (χ0v) is 15.2. The fourth-order valence-electron chi connectivity index (χ4n) is 2.27. The zero-order chi connectivity index (χ0) is 16.9. The first-order valence-electron chi connectivity index (χ1n) is 7.35. The monoisotopic (exact) mass is 375 g/mol. The van der Waals surface area contributed by atoms with Gasteiger partial charge in [-0.15, -0.1) is 16.8 Å². The van der Waals surface area contributed by atoms with Gasteiger partial charge in [-0.3, -0.25) is 4.57 Å². The van der Waals surface area contributed by atoms with Gasteiger partial charge in [0.1, 0.15) is 0 Å². The summed E-state index contributed by atoms with van der Waals surface area (Å²) in [4.78, 5) is 0. The Kier molecular flexibility index (Phi) is 5.61. The molecule has 6 heteroatoms. The second-order valence-electron chi connectivity index (χ2n) is 5.10. The van der Waals surface area contributed by atoms with Gasteiger partial charge < -0.3 is 0 Å². The lowest BCUT2D eigenvalue weighted by Gasteiger charge is -2.08. The predicted octanol–water partition coefficient (Wildman–Crippen LogP) is 5.73. The minimum absolute atomic E-state index is 0.634. The molecule has 24 heavy (non-hydrogen) atoms. The van der Waals surface area contributed by atoms with Gasteiger partial charge in [-0.1, -0.05) is 77.4 Å². The maximum absolute atomic E-state index is 6.24. The topological polar surface area (TPSA) is 30.7 Å². The normalized spacial score (nSPS) is 10.8. The number of hydrogen-bond acceptors (Lipinski definition) is 3. The van der Waals surface area contributed by atoms with Crippen LogP contribution in [0.4, 0.5) is 0 Å². The summed E-state index contributed by atoms with van der Waals surface area (Å²) in [6.07, 6.45) is 1.84. The molecule has 0 atom stereocenters. The Morgan fingerprint density at radius 2 is 1.88 bits per heavy atom. The highest BCUT2D eigenvalue weighted by Gasteiger charge is 2.14. The minimum atomic E-state index is 0.634. The molecule has 0 N–H and O–H groups in total. The summed E-state index contributed by atoms with van der Waals surface area (Å²) in [6, 6.07) is 15.5. The maximum Gasteiger partial charge on any atom is 0.192 e. The molecule has 0 aliphatic rings. The van der Waals surface area contributed by atoms with Gasteiger partial charge in [0.2, 0.25) is 0 Å². The van der Waals surface area contributed by atoms with E-state index in [0.29, 0.717) is 22.3 Å². The first-order valence-corrected chi connectivity index (χ1v) is 9.09. The van der Waals surface area contributed by atoms with E-state index >= 15 is 0 Å². The van der Waals surface area contributed by atoms with Gasteiger partial charge in [0, 0.05) is 27.9 Å². The van der Waals surface area contributed by atoms with E-state index in [9.17, 15) is 0 Å². The Morgan fingerprint density at radius 3 is 2.58 bits per heavy atom. The summed E-state index contributed by atoms with van der Waals surface area (Å²) < 4.78 is 2.05. The quantitative estimate of drug-likeness (QED) is 0.407. The molecule has 0 saturated carbocycles.